The normalized spacial score (nSPS) is 16.3. The van der Waals surface area contributed by atoms with Crippen molar-refractivity contribution in [3.63, 3.8) is 0 Å². The number of para-hydroxylation sites is 1. The van der Waals surface area contributed by atoms with E-state index in [0.29, 0.717) is 0 Å². The molecule has 1 unspecified atom stereocenters. The average molecular weight is 430 g/mol. The molecule has 3 rings (SSSR count). The Morgan fingerprint density at radius 3 is 2.63 bits per heavy atom. The summed E-state index contributed by atoms with van der Waals surface area (Å²) in [7, 11) is 3.58. The number of nitrogens with zero attached hydrogens (tertiary/aromatic N) is 3. The van der Waals surface area contributed by atoms with Crippen LogP contribution in [0.25, 0.3) is 0 Å². The first-order valence-electron chi connectivity index (χ1n) is 10.9. The van der Waals surface area contributed by atoms with E-state index in [2.05, 4.69) is 57.6 Å². The van der Waals surface area contributed by atoms with Crippen LogP contribution in [0, 0.1) is 13.8 Å². The van der Waals surface area contributed by atoms with Crippen LogP contribution in [0.2, 0.25) is 0 Å². The lowest BCUT2D eigenvalue weighted by Crippen LogP contribution is -2.45. The van der Waals surface area contributed by atoms with Gasteiger partial charge in [0, 0.05) is 37.0 Å². The summed E-state index contributed by atoms with van der Waals surface area (Å²) in [6.45, 7) is 8.05. The Bertz CT molecular complexity index is 809. The summed E-state index contributed by atoms with van der Waals surface area (Å²) in [6.07, 6.45) is 4.74. The van der Waals surface area contributed by atoms with E-state index in [9.17, 15) is 0 Å². The maximum Gasteiger partial charge on any atom is 0.191 e. The highest BCUT2D eigenvalue weighted by Crippen LogP contribution is 2.30. The Labute approximate surface area is 184 Å². The van der Waals surface area contributed by atoms with Gasteiger partial charge in [0.25, 0.3) is 0 Å². The molecule has 7 heteroatoms. The van der Waals surface area contributed by atoms with E-state index < -0.39 is 0 Å². The summed E-state index contributed by atoms with van der Waals surface area (Å²) >= 11 is 1.78. The van der Waals surface area contributed by atoms with E-state index in [1.807, 2.05) is 13.1 Å². The fourth-order valence-corrected chi connectivity index (χ4v) is 4.89. The largest absolute Gasteiger partial charge is 0.496 e. The molecule has 1 fully saturated rings. The van der Waals surface area contributed by atoms with E-state index in [4.69, 9.17) is 4.74 Å². The number of thiazole rings is 1. The molecule has 1 aromatic carbocycles. The molecule has 2 N–H and O–H groups in total. The lowest BCUT2D eigenvalue weighted by atomic mass is 10.0. The SMILES string of the molecule is CN=C(NCCc1nc(C)c(C)s1)NCC(c1ccccc1OC)N1CCCCC1. The molecule has 0 aliphatic carbocycles. The molecule has 1 atom stereocenters. The second-order valence-corrected chi connectivity index (χ2v) is 9.02. The highest BCUT2D eigenvalue weighted by molar-refractivity contribution is 7.11. The first kappa shape index (κ1) is 22.6. The molecule has 0 bridgehead atoms. The van der Waals surface area contributed by atoms with Gasteiger partial charge in [-0.3, -0.25) is 9.89 Å². The van der Waals surface area contributed by atoms with Crippen LogP contribution in [0.3, 0.4) is 0 Å². The maximum atomic E-state index is 5.67. The number of aryl methyl sites for hydroxylation is 2. The number of aliphatic imine (C=N–C) groups is 1. The number of hydrogen-bond acceptors (Lipinski definition) is 5. The van der Waals surface area contributed by atoms with Gasteiger partial charge >= 0.3 is 0 Å². The van der Waals surface area contributed by atoms with Crippen molar-refractivity contribution in [3.8, 4) is 5.75 Å². The topological polar surface area (TPSA) is 61.8 Å². The van der Waals surface area contributed by atoms with E-state index >= 15 is 0 Å². The van der Waals surface area contributed by atoms with Crippen LogP contribution >= 0.6 is 11.3 Å². The van der Waals surface area contributed by atoms with Gasteiger partial charge < -0.3 is 15.4 Å². The highest BCUT2D eigenvalue weighted by Gasteiger charge is 2.25. The smallest absolute Gasteiger partial charge is 0.191 e. The summed E-state index contributed by atoms with van der Waals surface area (Å²) in [4.78, 5) is 12.9. The van der Waals surface area contributed by atoms with Gasteiger partial charge in [-0.1, -0.05) is 24.6 Å². The molecule has 0 saturated carbocycles. The van der Waals surface area contributed by atoms with Gasteiger partial charge in [-0.05, 0) is 45.8 Å². The predicted octanol–water partition coefficient (Wildman–Crippen LogP) is 3.70. The minimum atomic E-state index is 0.254. The lowest BCUT2D eigenvalue weighted by molar-refractivity contribution is 0.161. The van der Waals surface area contributed by atoms with Gasteiger partial charge in [0.1, 0.15) is 5.75 Å². The van der Waals surface area contributed by atoms with Crippen molar-refractivity contribution in [2.45, 2.75) is 45.6 Å². The molecule has 1 aromatic heterocycles. The molecule has 2 aromatic rings. The number of piperidine rings is 1. The van der Waals surface area contributed by atoms with Crippen molar-refractivity contribution >= 4 is 17.3 Å². The number of aromatic nitrogens is 1. The summed E-state index contributed by atoms with van der Waals surface area (Å²) in [5.74, 6) is 1.78. The van der Waals surface area contributed by atoms with Crippen LogP contribution in [0.15, 0.2) is 29.3 Å². The quantitative estimate of drug-likeness (QED) is 0.495. The van der Waals surface area contributed by atoms with Gasteiger partial charge in [-0.25, -0.2) is 4.98 Å². The minimum absolute atomic E-state index is 0.254. The van der Waals surface area contributed by atoms with Crippen molar-refractivity contribution in [3.05, 3.63) is 45.4 Å². The van der Waals surface area contributed by atoms with E-state index in [1.54, 1.807) is 18.4 Å². The Balaban J connectivity index is 1.61. The van der Waals surface area contributed by atoms with Crippen LogP contribution in [-0.2, 0) is 6.42 Å². The van der Waals surface area contributed by atoms with Crippen molar-refractivity contribution in [2.24, 2.45) is 4.99 Å². The number of benzene rings is 1. The number of guanidine groups is 1. The van der Waals surface area contributed by atoms with Crippen molar-refractivity contribution in [1.82, 2.24) is 20.5 Å². The van der Waals surface area contributed by atoms with Crippen LogP contribution < -0.4 is 15.4 Å². The summed E-state index contributed by atoms with van der Waals surface area (Å²) in [5, 5.41) is 8.16. The summed E-state index contributed by atoms with van der Waals surface area (Å²) in [6, 6.07) is 8.62. The molecule has 30 heavy (non-hydrogen) atoms. The maximum absolute atomic E-state index is 5.67. The van der Waals surface area contributed by atoms with Crippen molar-refractivity contribution in [2.75, 3.05) is 40.3 Å². The summed E-state index contributed by atoms with van der Waals surface area (Å²) in [5.41, 5.74) is 2.37. The van der Waals surface area contributed by atoms with Crippen LogP contribution in [0.5, 0.6) is 5.75 Å². The average Bonchev–Trinajstić information content (AvgIpc) is 3.10. The zero-order valence-corrected chi connectivity index (χ0v) is 19.5. The van der Waals surface area contributed by atoms with Gasteiger partial charge in [-0.15, -0.1) is 11.3 Å². The predicted molar refractivity (Wildman–Crippen MR) is 126 cm³/mol. The first-order chi connectivity index (χ1) is 14.6. The number of nitrogens with one attached hydrogen (secondary N) is 2. The molecule has 2 heterocycles. The Morgan fingerprint density at radius 1 is 1.20 bits per heavy atom. The highest BCUT2D eigenvalue weighted by atomic mass is 32.1. The Morgan fingerprint density at radius 2 is 1.97 bits per heavy atom. The van der Waals surface area contributed by atoms with Gasteiger partial charge in [0.05, 0.1) is 23.9 Å². The summed E-state index contributed by atoms with van der Waals surface area (Å²) < 4.78 is 5.67. The molecule has 0 spiro atoms. The molecular weight excluding hydrogens is 394 g/mol. The van der Waals surface area contributed by atoms with Gasteiger partial charge in [0.2, 0.25) is 0 Å². The standard InChI is InChI=1S/C23H35N5OS/c1-17-18(2)30-22(27-17)12-13-25-23(24-3)26-16-20(28-14-8-5-9-15-28)19-10-6-7-11-21(19)29-4/h6-7,10-11,20H,5,8-9,12-16H2,1-4H3,(H2,24,25,26). The molecule has 0 amide bonds. The van der Waals surface area contributed by atoms with Crippen molar-refractivity contribution < 1.29 is 4.74 Å². The molecule has 164 valence electrons. The molecule has 1 saturated heterocycles. The fraction of sp³-hybridized carbons (Fsp3) is 0.565. The Kier molecular flexibility index (Phi) is 8.51. The van der Waals surface area contributed by atoms with Gasteiger partial charge in [0.15, 0.2) is 5.96 Å². The number of rotatable bonds is 8. The van der Waals surface area contributed by atoms with Crippen LogP contribution in [-0.4, -0.2) is 56.2 Å². The third-order valence-corrected chi connectivity index (χ3v) is 6.85. The molecule has 0 radical (unpaired) electrons. The molecule has 1 aliphatic heterocycles. The third-order valence-electron chi connectivity index (χ3n) is 5.72. The second-order valence-electron chi connectivity index (χ2n) is 7.73. The van der Waals surface area contributed by atoms with E-state index in [0.717, 1.165) is 50.0 Å². The van der Waals surface area contributed by atoms with E-state index in [1.165, 1.54) is 34.7 Å². The number of methoxy groups -OCH3 is 1. The Hall–Kier alpha value is -2.12. The fourth-order valence-electron chi connectivity index (χ4n) is 3.96. The number of hydrogen-bond donors (Lipinski definition) is 2. The lowest BCUT2D eigenvalue weighted by Gasteiger charge is -2.35. The molecule has 6 nitrogen and oxygen atoms in total. The zero-order valence-electron chi connectivity index (χ0n) is 18.7. The monoisotopic (exact) mass is 429 g/mol. The minimum Gasteiger partial charge on any atom is -0.496 e. The van der Waals surface area contributed by atoms with Gasteiger partial charge in [-0.2, -0.15) is 0 Å². The third kappa shape index (κ3) is 5.95. The second kappa shape index (κ2) is 11.3. The first-order valence-corrected chi connectivity index (χ1v) is 11.7. The number of ether oxygens (including phenoxy) is 1. The zero-order chi connectivity index (χ0) is 21.3. The van der Waals surface area contributed by atoms with Crippen LogP contribution in [0.1, 0.15) is 46.4 Å². The number of likely N-dealkylation sites (tertiary alicyclic amines) is 1. The van der Waals surface area contributed by atoms with E-state index in [-0.39, 0.29) is 6.04 Å². The van der Waals surface area contributed by atoms with Crippen LogP contribution in [0.4, 0.5) is 0 Å². The molecular formula is C23H35N5OS. The molecule has 1 aliphatic rings. The van der Waals surface area contributed by atoms with Crippen molar-refractivity contribution in [1.29, 1.82) is 0 Å².